The molecule has 0 saturated heterocycles. The molecule has 5 nitrogen and oxygen atoms in total. The summed E-state index contributed by atoms with van der Waals surface area (Å²) in [7, 11) is 0. The molecule has 0 fully saturated rings. The van der Waals surface area contributed by atoms with Gasteiger partial charge in [-0.2, -0.15) is 0 Å². The molecule has 1 aliphatic rings. The first-order valence-electron chi connectivity index (χ1n) is 6.68. The zero-order chi connectivity index (χ0) is 13.7. The molecule has 19 heavy (non-hydrogen) atoms. The maximum Gasteiger partial charge on any atom is 0.140 e. The fourth-order valence-electron chi connectivity index (χ4n) is 2.41. The van der Waals surface area contributed by atoms with Gasteiger partial charge in [-0.05, 0) is 12.5 Å². The fraction of sp³-hybridized carbons (Fsp3) is 0.500. The van der Waals surface area contributed by atoms with E-state index in [-0.39, 0.29) is 17.9 Å². The van der Waals surface area contributed by atoms with Gasteiger partial charge in [-0.25, -0.2) is 0 Å². The number of hydrogen-bond donors (Lipinski definition) is 3. The van der Waals surface area contributed by atoms with Crippen molar-refractivity contribution in [1.82, 2.24) is 5.32 Å². The maximum atomic E-state index is 8.66. The third kappa shape index (κ3) is 3.38. The monoisotopic (exact) mass is 263 g/mol. The Bertz CT molecular complexity index is 448. The minimum Gasteiger partial charge on any atom is -0.493 e. The van der Waals surface area contributed by atoms with Crippen molar-refractivity contribution < 1.29 is 9.94 Å². The SMILES string of the molecule is CCC(CC(N)=NO)NC1CCOc2ccccc21. The van der Waals surface area contributed by atoms with Gasteiger partial charge in [0.05, 0.1) is 6.61 Å². The number of ether oxygens (including phenoxy) is 1. The molecule has 1 aliphatic heterocycles. The molecule has 0 spiro atoms. The molecular formula is C14H21N3O2. The average molecular weight is 263 g/mol. The lowest BCUT2D eigenvalue weighted by atomic mass is 9.98. The first-order chi connectivity index (χ1) is 9.24. The quantitative estimate of drug-likeness (QED) is 0.328. The third-order valence-electron chi connectivity index (χ3n) is 3.47. The highest BCUT2D eigenvalue weighted by molar-refractivity contribution is 5.80. The average Bonchev–Trinajstić information content (AvgIpc) is 2.46. The molecule has 1 aromatic carbocycles. The molecule has 0 bridgehead atoms. The van der Waals surface area contributed by atoms with Crippen molar-refractivity contribution in [1.29, 1.82) is 0 Å². The number of benzene rings is 1. The van der Waals surface area contributed by atoms with E-state index >= 15 is 0 Å². The Morgan fingerprint density at radius 2 is 2.37 bits per heavy atom. The van der Waals surface area contributed by atoms with Gasteiger partial charge in [-0.3, -0.25) is 0 Å². The minimum atomic E-state index is 0.201. The summed E-state index contributed by atoms with van der Waals surface area (Å²) in [6.45, 7) is 2.81. The Morgan fingerprint density at radius 3 is 3.11 bits per heavy atom. The first-order valence-corrected chi connectivity index (χ1v) is 6.68. The molecule has 0 saturated carbocycles. The number of para-hydroxylation sites is 1. The summed E-state index contributed by atoms with van der Waals surface area (Å²) in [6, 6.07) is 8.55. The van der Waals surface area contributed by atoms with Crippen LogP contribution in [0.5, 0.6) is 5.75 Å². The summed E-state index contributed by atoms with van der Waals surface area (Å²) in [4.78, 5) is 0. The minimum absolute atomic E-state index is 0.201. The molecule has 1 heterocycles. The number of hydrogen-bond acceptors (Lipinski definition) is 4. The number of nitrogens with one attached hydrogen (secondary N) is 1. The molecular weight excluding hydrogens is 242 g/mol. The Labute approximate surface area is 113 Å². The topological polar surface area (TPSA) is 79.9 Å². The number of amidine groups is 1. The van der Waals surface area contributed by atoms with Crippen LogP contribution < -0.4 is 15.8 Å². The summed E-state index contributed by atoms with van der Waals surface area (Å²) < 4.78 is 5.64. The van der Waals surface area contributed by atoms with Crippen LogP contribution in [0.3, 0.4) is 0 Å². The van der Waals surface area contributed by atoms with Gasteiger partial charge in [0.15, 0.2) is 0 Å². The van der Waals surface area contributed by atoms with Gasteiger partial charge in [0.2, 0.25) is 0 Å². The summed E-state index contributed by atoms with van der Waals surface area (Å²) in [5.74, 6) is 1.21. The molecule has 2 atom stereocenters. The van der Waals surface area contributed by atoms with Crippen molar-refractivity contribution in [3.63, 3.8) is 0 Å². The normalized spacial score (nSPS) is 20.5. The van der Waals surface area contributed by atoms with Crippen molar-refractivity contribution in [2.75, 3.05) is 6.61 Å². The molecule has 104 valence electrons. The standard InChI is InChI=1S/C14H21N3O2/c1-2-10(9-14(15)17-18)16-12-7-8-19-13-6-4-3-5-11(12)13/h3-6,10,12,16,18H,2,7-9H2,1H3,(H2,15,17). The number of nitrogens with two attached hydrogens (primary N) is 1. The first kappa shape index (κ1) is 13.7. The molecule has 2 unspecified atom stereocenters. The van der Waals surface area contributed by atoms with Gasteiger partial charge in [-0.1, -0.05) is 30.3 Å². The Balaban J connectivity index is 2.06. The van der Waals surface area contributed by atoms with E-state index in [0.717, 1.165) is 18.6 Å². The lowest BCUT2D eigenvalue weighted by molar-refractivity contribution is 0.243. The van der Waals surface area contributed by atoms with Crippen LogP contribution in [0.2, 0.25) is 0 Å². The summed E-state index contributed by atoms with van der Waals surface area (Å²) in [6.07, 6.45) is 2.41. The number of rotatable bonds is 5. The number of nitrogens with zero attached hydrogens (tertiary/aromatic N) is 1. The molecule has 1 aromatic rings. The number of oxime groups is 1. The lowest BCUT2D eigenvalue weighted by Gasteiger charge is -2.30. The molecule has 0 amide bonds. The van der Waals surface area contributed by atoms with Crippen LogP contribution in [0, 0.1) is 0 Å². The summed E-state index contributed by atoms with van der Waals surface area (Å²) in [5, 5.41) is 15.3. The predicted molar refractivity (Wildman–Crippen MR) is 74.5 cm³/mol. The predicted octanol–water partition coefficient (Wildman–Crippen LogP) is 2.01. The second-order valence-electron chi connectivity index (χ2n) is 4.79. The zero-order valence-electron chi connectivity index (χ0n) is 11.2. The van der Waals surface area contributed by atoms with Crippen molar-refractivity contribution >= 4 is 5.84 Å². The lowest BCUT2D eigenvalue weighted by Crippen LogP contribution is -2.37. The van der Waals surface area contributed by atoms with Gasteiger partial charge < -0.3 is 21.0 Å². The van der Waals surface area contributed by atoms with Gasteiger partial charge in [0.25, 0.3) is 0 Å². The van der Waals surface area contributed by atoms with E-state index in [2.05, 4.69) is 23.5 Å². The largest absolute Gasteiger partial charge is 0.493 e. The van der Waals surface area contributed by atoms with Crippen LogP contribution in [-0.2, 0) is 0 Å². The molecule has 2 rings (SSSR count). The third-order valence-corrected chi connectivity index (χ3v) is 3.47. The van der Waals surface area contributed by atoms with Gasteiger partial charge in [0.1, 0.15) is 11.6 Å². The van der Waals surface area contributed by atoms with Crippen LogP contribution in [-0.4, -0.2) is 23.7 Å². The van der Waals surface area contributed by atoms with Gasteiger partial charge >= 0.3 is 0 Å². The van der Waals surface area contributed by atoms with Crippen molar-refractivity contribution in [2.24, 2.45) is 10.9 Å². The van der Waals surface area contributed by atoms with Crippen molar-refractivity contribution in [3.8, 4) is 5.75 Å². The molecule has 0 radical (unpaired) electrons. The Morgan fingerprint density at radius 1 is 1.58 bits per heavy atom. The second kappa shape index (κ2) is 6.43. The maximum absolute atomic E-state index is 8.66. The van der Waals surface area contributed by atoms with Crippen LogP contribution in [0.1, 0.15) is 37.8 Å². The highest BCUT2D eigenvalue weighted by Crippen LogP contribution is 2.32. The van der Waals surface area contributed by atoms with E-state index in [1.54, 1.807) is 0 Å². The van der Waals surface area contributed by atoms with E-state index in [1.807, 2.05) is 18.2 Å². The molecule has 5 heteroatoms. The molecule has 0 aromatic heterocycles. The van der Waals surface area contributed by atoms with Crippen LogP contribution in [0.25, 0.3) is 0 Å². The van der Waals surface area contributed by atoms with Crippen LogP contribution in [0.15, 0.2) is 29.4 Å². The van der Waals surface area contributed by atoms with Crippen molar-refractivity contribution in [2.45, 2.75) is 38.3 Å². The second-order valence-corrected chi connectivity index (χ2v) is 4.79. The van der Waals surface area contributed by atoms with E-state index in [0.29, 0.717) is 13.0 Å². The van der Waals surface area contributed by atoms with Gasteiger partial charge in [0, 0.05) is 30.5 Å². The Hall–Kier alpha value is -1.75. The highest BCUT2D eigenvalue weighted by Gasteiger charge is 2.23. The molecule has 0 aliphatic carbocycles. The zero-order valence-corrected chi connectivity index (χ0v) is 11.2. The van der Waals surface area contributed by atoms with E-state index in [4.69, 9.17) is 15.7 Å². The van der Waals surface area contributed by atoms with Crippen LogP contribution >= 0.6 is 0 Å². The Kier molecular flexibility index (Phi) is 4.63. The smallest absolute Gasteiger partial charge is 0.140 e. The van der Waals surface area contributed by atoms with Gasteiger partial charge in [-0.15, -0.1) is 0 Å². The summed E-state index contributed by atoms with van der Waals surface area (Å²) >= 11 is 0. The highest BCUT2D eigenvalue weighted by atomic mass is 16.5. The van der Waals surface area contributed by atoms with Crippen molar-refractivity contribution in [3.05, 3.63) is 29.8 Å². The van der Waals surface area contributed by atoms with E-state index in [9.17, 15) is 0 Å². The molecule has 4 N–H and O–H groups in total. The van der Waals surface area contributed by atoms with E-state index < -0.39 is 0 Å². The fourth-order valence-corrected chi connectivity index (χ4v) is 2.41. The van der Waals surface area contributed by atoms with Crippen LogP contribution in [0.4, 0.5) is 0 Å². The van der Waals surface area contributed by atoms with E-state index in [1.165, 1.54) is 5.56 Å². The number of fused-ring (bicyclic) bond motifs is 1. The summed E-state index contributed by atoms with van der Waals surface area (Å²) in [5.41, 5.74) is 6.77.